The fraction of sp³-hybridized carbons (Fsp3) is 1.00. The maximum absolute atomic E-state index is 5.47. The van der Waals surface area contributed by atoms with Crippen LogP contribution in [0.25, 0.3) is 0 Å². The molecule has 2 unspecified atom stereocenters. The molecule has 1 N–H and O–H groups in total. The Hall–Kier alpha value is -0.120. The van der Waals surface area contributed by atoms with Crippen molar-refractivity contribution in [2.75, 3.05) is 33.4 Å². The van der Waals surface area contributed by atoms with Crippen molar-refractivity contribution in [2.45, 2.75) is 51.6 Å². The van der Waals surface area contributed by atoms with Crippen molar-refractivity contribution in [3.8, 4) is 0 Å². The Kier molecular flexibility index (Phi) is 5.46. The molecule has 0 spiro atoms. The van der Waals surface area contributed by atoms with E-state index in [0.29, 0.717) is 12.1 Å². The molecule has 0 radical (unpaired) electrons. The topological polar surface area (TPSA) is 24.5 Å². The number of hydrogen-bond donors (Lipinski definition) is 1. The van der Waals surface area contributed by atoms with E-state index in [1.165, 1.54) is 45.3 Å². The van der Waals surface area contributed by atoms with E-state index in [1.807, 2.05) is 7.11 Å². The van der Waals surface area contributed by atoms with Gasteiger partial charge < -0.3 is 10.1 Å². The summed E-state index contributed by atoms with van der Waals surface area (Å²) in [7, 11) is 1.84. The predicted molar refractivity (Wildman–Crippen MR) is 75.8 cm³/mol. The van der Waals surface area contributed by atoms with E-state index in [-0.39, 0.29) is 0 Å². The lowest BCUT2D eigenvalue weighted by atomic mass is 10.1. The lowest BCUT2D eigenvalue weighted by Crippen LogP contribution is -2.47. The van der Waals surface area contributed by atoms with E-state index in [1.54, 1.807) is 0 Å². The smallest absolute Gasteiger partial charge is 0.0620 e. The van der Waals surface area contributed by atoms with Crippen LogP contribution in [0.4, 0.5) is 0 Å². The first kappa shape index (κ1) is 14.3. The molecule has 3 heteroatoms. The second-order valence-corrected chi connectivity index (χ2v) is 6.50. The molecular weight excluding hydrogens is 224 g/mol. The highest BCUT2D eigenvalue weighted by Gasteiger charge is 2.36. The van der Waals surface area contributed by atoms with Gasteiger partial charge in [-0.3, -0.25) is 4.90 Å². The summed E-state index contributed by atoms with van der Waals surface area (Å²) in [6.45, 7) is 9.19. The molecule has 1 saturated carbocycles. The summed E-state index contributed by atoms with van der Waals surface area (Å²) in [6.07, 6.45) is 5.50. The van der Waals surface area contributed by atoms with Crippen LogP contribution in [0, 0.1) is 11.8 Å². The number of hydrogen-bond acceptors (Lipinski definition) is 3. The minimum absolute atomic E-state index is 0.653. The van der Waals surface area contributed by atoms with E-state index in [0.717, 1.165) is 18.4 Å². The van der Waals surface area contributed by atoms with Crippen LogP contribution in [0.1, 0.15) is 39.5 Å². The minimum Gasteiger partial charge on any atom is -0.383 e. The van der Waals surface area contributed by atoms with Crippen molar-refractivity contribution < 1.29 is 4.74 Å². The molecule has 0 bridgehead atoms. The Balaban J connectivity index is 1.92. The first-order valence-corrected chi connectivity index (χ1v) is 7.67. The van der Waals surface area contributed by atoms with Crippen LogP contribution in [-0.2, 0) is 4.74 Å². The van der Waals surface area contributed by atoms with Gasteiger partial charge in [0, 0.05) is 32.3 Å². The quantitative estimate of drug-likeness (QED) is 0.718. The molecule has 3 nitrogen and oxygen atoms in total. The van der Waals surface area contributed by atoms with Crippen molar-refractivity contribution in [1.82, 2.24) is 10.2 Å². The fourth-order valence-electron chi connectivity index (χ4n) is 3.20. The lowest BCUT2D eigenvalue weighted by molar-refractivity contribution is 0.0645. The summed E-state index contributed by atoms with van der Waals surface area (Å²) in [5.74, 6) is 1.63. The Morgan fingerprint density at radius 2 is 2.06 bits per heavy atom. The third kappa shape index (κ3) is 4.22. The molecule has 106 valence electrons. The standard InChI is InChI=1S/C15H30N2O/c1-12(2)9-17(10-14-5-4-8-16-14)15(11-18-3)13-6-7-13/h12-16H,4-11H2,1-3H3. The summed E-state index contributed by atoms with van der Waals surface area (Å²) < 4.78 is 5.47. The van der Waals surface area contributed by atoms with Crippen molar-refractivity contribution in [1.29, 1.82) is 0 Å². The van der Waals surface area contributed by atoms with Gasteiger partial charge in [-0.2, -0.15) is 0 Å². The molecule has 1 heterocycles. The highest BCUT2D eigenvalue weighted by molar-refractivity contribution is 4.90. The van der Waals surface area contributed by atoms with Crippen molar-refractivity contribution in [3.63, 3.8) is 0 Å². The number of ether oxygens (including phenoxy) is 1. The van der Waals surface area contributed by atoms with Gasteiger partial charge in [0.2, 0.25) is 0 Å². The monoisotopic (exact) mass is 254 g/mol. The first-order valence-electron chi connectivity index (χ1n) is 7.67. The number of nitrogens with zero attached hydrogens (tertiary/aromatic N) is 1. The van der Waals surface area contributed by atoms with Crippen molar-refractivity contribution >= 4 is 0 Å². The van der Waals surface area contributed by atoms with Gasteiger partial charge in [0.1, 0.15) is 0 Å². The predicted octanol–water partition coefficient (Wildman–Crippen LogP) is 2.12. The third-order valence-corrected chi connectivity index (χ3v) is 4.19. The fourth-order valence-corrected chi connectivity index (χ4v) is 3.20. The van der Waals surface area contributed by atoms with Gasteiger partial charge in [0.15, 0.2) is 0 Å². The van der Waals surface area contributed by atoms with E-state index in [9.17, 15) is 0 Å². The van der Waals surface area contributed by atoms with Crippen LogP contribution in [-0.4, -0.2) is 50.3 Å². The van der Waals surface area contributed by atoms with E-state index in [4.69, 9.17) is 4.74 Å². The van der Waals surface area contributed by atoms with E-state index >= 15 is 0 Å². The Bertz CT molecular complexity index is 235. The second-order valence-electron chi connectivity index (χ2n) is 6.50. The van der Waals surface area contributed by atoms with Gasteiger partial charge in [-0.25, -0.2) is 0 Å². The zero-order valence-electron chi connectivity index (χ0n) is 12.3. The molecule has 18 heavy (non-hydrogen) atoms. The van der Waals surface area contributed by atoms with Gasteiger partial charge in [0.05, 0.1) is 6.61 Å². The Morgan fingerprint density at radius 3 is 2.56 bits per heavy atom. The number of nitrogens with one attached hydrogen (secondary N) is 1. The van der Waals surface area contributed by atoms with E-state index < -0.39 is 0 Å². The van der Waals surface area contributed by atoms with Gasteiger partial charge in [-0.1, -0.05) is 13.8 Å². The zero-order chi connectivity index (χ0) is 13.0. The van der Waals surface area contributed by atoms with Gasteiger partial charge in [-0.05, 0) is 44.1 Å². The van der Waals surface area contributed by atoms with Gasteiger partial charge in [0.25, 0.3) is 0 Å². The van der Waals surface area contributed by atoms with E-state index in [2.05, 4.69) is 24.1 Å². The molecule has 0 amide bonds. The van der Waals surface area contributed by atoms with Crippen LogP contribution in [0.15, 0.2) is 0 Å². The van der Waals surface area contributed by atoms with Crippen LogP contribution in [0.5, 0.6) is 0 Å². The molecule has 2 rings (SSSR count). The highest BCUT2D eigenvalue weighted by Crippen LogP contribution is 2.36. The average Bonchev–Trinajstić information content (AvgIpc) is 3.03. The zero-order valence-corrected chi connectivity index (χ0v) is 12.3. The normalized spacial score (nSPS) is 26.2. The van der Waals surface area contributed by atoms with Crippen LogP contribution in [0.2, 0.25) is 0 Å². The number of methoxy groups -OCH3 is 1. The maximum Gasteiger partial charge on any atom is 0.0620 e. The highest BCUT2D eigenvalue weighted by atomic mass is 16.5. The maximum atomic E-state index is 5.47. The van der Waals surface area contributed by atoms with Crippen LogP contribution < -0.4 is 5.32 Å². The second kappa shape index (κ2) is 6.88. The summed E-state index contributed by atoms with van der Waals surface area (Å²) in [5.41, 5.74) is 0. The van der Waals surface area contributed by atoms with Crippen molar-refractivity contribution in [3.05, 3.63) is 0 Å². The molecule has 0 aromatic rings. The molecule has 2 fully saturated rings. The third-order valence-electron chi connectivity index (χ3n) is 4.19. The summed E-state index contributed by atoms with van der Waals surface area (Å²) in [6, 6.07) is 1.36. The lowest BCUT2D eigenvalue weighted by Gasteiger charge is -2.34. The minimum atomic E-state index is 0.653. The molecule has 0 aromatic carbocycles. The average molecular weight is 254 g/mol. The Labute approximate surface area is 112 Å². The van der Waals surface area contributed by atoms with Gasteiger partial charge in [-0.15, -0.1) is 0 Å². The summed E-state index contributed by atoms with van der Waals surface area (Å²) >= 11 is 0. The van der Waals surface area contributed by atoms with Crippen LogP contribution in [0.3, 0.4) is 0 Å². The first-order chi connectivity index (χ1) is 8.70. The van der Waals surface area contributed by atoms with Gasteiger partial charge >= 0.3 is 0 Å². The molecule has 1 aliphatic carbocycles. The Morgan fingerprint density at radius 1 is 1.28 bits per heavy atom. The summed E-state index contributed by atoms with van der Waals surface area (Å²) in [4.78, 5) is 2.70. The largest absolute Gasteiger partial charge is 0.383 e. The molecule has 1 aliphatic heterocycles. The summed E-state index contributed by atoms with van der Waals surface area (Å²) in [5, 5.41) is 3.63. The molecule has 0 aromatic heterocycles. The molecular formula is C15H30N2O. The molecule has 2 atom stereocenters. The SMILES string of the molecule is COCC(C1CC1)N(CC(C)C)CC1CCCN1. The number of rotatable bonds is 8. The molecule has 1 saturated heterocycles. The van der Waals surface area contributed by atoms with Crippen molar-refractivity contribution in [2.24, 2.45) is 11.8 Å². The molecule has 2 aliphatic rings. The van der Waals surface area contributed by atoms with Crippen LogP contribution >= 0.6 is 0 Å².